The van der Waals surface area contributed by atoms with E-state index in [0.29, 0.717) is 6.04 Å². The molecule has 0 unspecified atom stereocenters. The van der Waals surface area contributed by atoms with Crippen LogP contribution in [-0.2, 0) is 0 Å². The predicted octanol–water partition coefficient (Wildman–Crippen LogP) is 5.20. The Hall–Kier alpha value is -0.570. The Labute approximate surface area is 140 Å². The number of piperidine rings is 1. The molecule has 2 rings (SSSR count). The Kier molecular flexibility index (Phi) is 7.71. The smallest absolute Gasteiger partial charge is 0.0917 e. The van der Waals surface area contributed by atoms with Gasteiger partial charge < -0.3 is 5.11 Å². The van der Waals surface area contributed by atoms with E-state index in [9.17, 15) is 5.11 Å². The highest BCUT2D eigenvalue weighted by Gasteiger charge is 2.24. The van der Waals surface area contributed by atoms with Gasteiger partial charge in [-0.1, -0.05) is 62.8 Å². The van der Waals surface area contributed by atoms with Crippen LogP contribution in [0.4, 0.5) is 0 Å². The lowest BCUT2D eigenvalue weighted by atomic mass is 9.95. The van der Waals surface area contributed by atoms with Gasteiger partial charge in [-0.25, -0.2) is 0 Å². The first-order valence-electron chi connectivity index (χ1n) is 8.88. The molecule has 2 nitrogen and oxygen atoms in total. The van der Waals surface area contributed by atoms with Crippen molar-refractivity contribution in [1.82, 2.24) is 4.90 Å². The summed E-state index contributed by atoms with van der Waals surface area (Å²) in [4.78, 5) is 2.51. The molecule has 0 aliphatic carbocycles. The number of aliphatic hydroxyl groups is 1. The lowest BCUT2D eigenvalue weighted by Gasteiger charge is -2.37. The maximum Gasteiger partial charge on any atom is 0.0917 e. The van der Waals surface area contributed by atoms with E-state index in [1.807, 2.05) is 24.3 Å². The number of nitrogens with zero attached hydrogens (tertiary/aromatic N) is 1. The van der Waals surface area contributed by atoms with E-state index < -0.39 is 6.10 Å². The molecule has 0 amide bonds. The fraction of sp³-hybridized carbons (Fsp3) is 0.684. The van der Waals surface area contributed by atoms with Crippen LogP contribution in [0.15, 0.2) is 24.3 Å². The molecule has 22 heavy (non-hydrogen) atoms. The van der Waals surface area contributed by atoms with Crippen LogP contribution in [0.25, 0.3) is 0 Å². The molecular weight excluding hydrogens is 294 g/mol. The summed E-state index contributed by atoms with van der Waals surface area (Å²) in [6.07, 6.45) is 10.1. The van der Waals surface area contributed by atoms with E-state index in [-0.39, 0.29) is 0 Å². The summed E-state index contributed by atoms with van der Waals surface area (Å²) in [5, 5.41) is 11.2. The standard InChI is InChI=1S/C19H30ClNO/c1-2-3-4-5-8-18-9-6-7-14-21(18)15-19(22)16-10-12-17(20)13-11-16/h10-13,18-19,22H,2-9,14-15H2,1H3/t18-,19+/m1/s1. The second-order valence-electron chi connectivity index (χ2n) is 6.56. The van der Waals surface area contributed by atoms with E-state index in [2.05, 4.69) is 11.8 Å². The van der Waals surface area contributed by atoms with Crippen LogP contribution in [0.2, 0.25) is 5.02 Å². The van der Waals surface area contributed by atoms with Crippen molar-refractivity contribution in [1.29, 1.82) is 0 Å². The molecule has 0 spiro atoms. The molecule has 124 valence electrons. The third kappa shape index (κ3) is 5.57. The van der Waals surface area contributed by atoms with Gasteiger partial charge in [0.25, 0.3) is 0 Å². The number of likely N-dealkylation sites (tertiary alicyclic amines) is 1. The highest BCUT2D eigenvalue weighted by atomic mass is 35.5. The summed E-state index contributed by atoms with van der Waals surface area (Å²) in [5.41, 5.74) is 0.972. The quantitative estimate of drug-likeness (QED) is 0.665. The Balaban J connectivity index is 1.85. The van der Waals surface area contributed by atoms with Crippen LogP contribution < -0.4 is 0 Å². The first kappa shape index (κ1) is 17.8. The van der Waals surface area contributed by atoms with Crippen molar-refractivity contribution in [3.8, 4) is 0 Å². The number of β-amino-alcohol motifs (C(OH)–C–C–N with tert-alkyl or cyclic N) is 1. The van der Waals surface area contributed by atoms with Crippen molar-refractivity contribution in [3.63, 3.8) is 0 Å². The molecule has 1 fully saturated rings. The first-order chi connectivity index (χ1) is 10.7. The first-order valence-corrected chi connectivity index (χ1v) is 9.26. The zero-order valence-electron chi connectivity index (χ0n) is 13.8. The molecule has 3 heteroatoms. The van der Waals surface area contributed by atoms with Gasteiger partial charge in [0, 0.05) is 17.6 Å². The van der Waals surface area contributed by atoms with Crippen molar-refractivity contribution in [2.75, 3.05) is 13.1 Å². The summed E-state index contributed by atoms with van der Waals surface area (Å²) in [7, 11) is 0. The van der Waals surface area contributed by atoms with E-state index in [4.69, 9.17) is 11.6 Å². The highest BCUT2D eigenvalue weighted by Crippen LogP contribution is 2.25. The SMILES string of the molecule is CCCCCC[C@@H]1CCCCN1C[C@H](O)c1ccc(Cl)cc1. The largest absolute Gasteiger partial charge is 0.387 e. The number of hydrogen-bond donors (Lipinski definition) is 1. The number of unbranched alkanes of at least 4 members (excludes halogenated alkanes) is 3. The minimum Gasteiger partial charge on any atom is -0.387 e. The minimum atomic E-state index is -0.409. The maximum absolute atomic E-state index is 10.5. The van der Waals surface area contributed by atoms with Gasteiger partial charge in [-0.15, -0.1) is 0 Å². The molecule has 1 aliphatic heterocycles. The van der Waals surface area contributed by atoms with E-state index in [0.717, 1.165) is 23.7 Å². The average Bonchev–Trinajstić information content (AvgIpc) is 2.53. The Morgan fingerprint density at radius 1 is 1.18 bits per heavy atom. The molecule has 1 heterocycles. The topological polar surface area (TPSA) is 23.5 Å². The molecule has 0 radical (unpaired) electrons. The average molecular weight is 324 g/mol. The number of halogens is 1. The van der Waals surface area contributed by atoms with Gasteiger partial charge in [0.05, 0.1) is 6.10 Å². The summed E-state index contributed by atoms with van der Waals surface area (Å²) < 4.78 is 0. The lowest BCUT2D eigenvalue weighted by molar-refractivity contribution is 0.0628. The van der Waals surface area contributed by atoms with Gasteiger partial charge in [-0.05, 0) is 43.5 Å². The monoisotopic (exact) mass is 323 g/mol. The van der Waals surface area contributed by atoms with Gasteiger partial charge in [0.1, 0.15) is 0 Å². The number of aliphatic hydroxyl groups excluding tert-OH is 1. The number of benzene rings is 1. The van der Waals surface area contributed by atoms with Gasteiger partial charge in [0.15, 0.2) is 0 Å². The summed E-state index contributed by atoms with van der Waals surface area (Å²) in [5.74, 6) is 0. The van der Waals surface area contributed by atoms with E-state index in [1.54, 1.807) is 0 Å². The number of hydrogen-bond acceptors (Lipinski definition) is 2. The van der Waals surface area contributed by atoms with Crippen LogP contribution in [0, 0.1) is 0 Å². The van der Waals surface area contributed by atoms with Crippen LogP contribution in [-0.4, -0.2) is 29.1 Å². The van der Waals surface area contributed by atoms with Crippen molar-refractivity contribution in [2.24, 2.45) is 0 Å². The zero-order valence-corrected chi connectivity index (χ0v) is 14.6. The van der Waals surface area contributed by atoms with Crippen molar-refractivity contribution in [2.45, 2.75) is 70.4 Å². The van der Waals surface area contributed by atoms with Crippen LogP contribution in [0.3, 0.4) is 0 Å². The predicted molar refractivity (Wildman–Crippen MR) is 94.4 cm³/mol. The molecule has 1 aromatic carbocycles. The lowest BCUT2D eigenvalue weighted by Crippen LogP contribution is -2.41. The second-order valence-corrected chi connectivity index (χ2v) is 7.00. The van der Waals surface area contributed by atoms with Gasteiger partial charge in [-0.3, -0.25) is 4.90 Å². The normalized spacial score (nSPS) is 21.0. The van der Waals surface area contributed by atoms with Crippen molar-refractivity contribution >= 4 is 11.6 Å². The molecule has 1 aliphatic rings. The minimum absolute atomic E-state index is 0.409. The van der Waals surface area contributed by atoms with Gasteiger partial charge in [0.2, 0.25) is 0 Å². The fourth-order valence-corrected chi connectivity index (χ4v) is 3.57. The summed E-state index contributed by atoms with van der Waals surface area (Å²) >= 11 is 5.92. The molecule has 0 bridgehead atoms. The second kappa shape index (κ2) is 9.54. The Bertz CT molecular complexity index is 420. The molecule has 0 aromatic heterocycles. The summed E-state index contributed by atoms with van der Waals surface area (Å²) in [6.45, 7) is 4.14. The zero-order chi connectivity index (χ0) is 15.8. The summed E-state index contributed by atoms with van der Waals surface area (Å²) in [6, 6.07) is 8.25. The third-order valence-electron chi connectivity index (χ3n) is 4.80. The van der Waals surface area contributed by atoms with Crippen molar-refractivity contribution < 1.29 is 5.11 Å². The van der Waals surface area contributed by atoms with Gasteiger partial charge >= 0.3 is 0 Å². The van der Waals surface area contributed by atoms with Crippen LogP contribution in [0.5, 0.6) is 0 Å². The maximum atomic E-state index is 10.5. The van der Waals surface area contributed by atoms with Gasteiger partial charge in [-0.2, -0.15) is 0 Å². The van der Waals surface area contributed by atoms with Crippen molar-refractivity contribution in [3.05, 3.63) is 34.9 Å². The Morgan fingerprint density at radius 2 is 1.95 bits per heavy atom. The highest BCUT2D eigenvalue weighted by molar-refractivity contribution is 6.30. The van der Waals surface area contributed by atoms with Crippen LogP contribution >= 0.6 is 11.6 Å². The van der Waals surface area contributed by atoms with Crippen LogP contribution in [0.1, 0.15) is 70.0 Å². The van der Waals surface area contributed by atoms with E-state index >= 15 is 0 Å². The molecule has 1 N–H and O–H groups in total. The van der Waals surface area contributed by atoms with E-state index in [1.165, 1.54) is 51.4 Å². The Morgan fingerprint density at radius 3 is 2.68 bits per heavy atom. The fourth-order valence-electron chi connectivity index (χ4n) is 3.45. The molecule has 1 aromatic rings. The molecule has 0 saturated carbocycles. The molecule has 1 saturated heterocycles. The third-order valence-corrected chi connectivity index (χ3v) is 5.05. The molecule has 2 atom stereocenters. The molecular formula is C19H30ClNO. The number of rotatable bonds is 8.